The Morgan fingerprint density at radius 3 is 2.12 bits per heavy atom. The van der Waals surface area contributed by atoms with Gasteiger partial charge in [0.25, 0.3) is 0 Å². The van der Waals surface area contributed by atoms with Crippen LogP contribution in [0.2, 0.25) is 0 Å². The van der Waals surface area contributed by atoms with Crippen molar-refractivity contribution in [3.05, 3.63) is 0 Å². The van der Waals surface area contributed by atoms with Crippen LogP contribution in [0.5, 0.6) is 0 Å². The van der Waals surface area contributed by atoms with Gasteiger partial charge in [0, 0.05) is 24.7 Å². The molecule has 0 saturated heterocycles. The van der Waals surface area contributed by atoms with Crippen molar-refractivity contribution in [2.24, 2.45) is 5.92 Å². The molecule has 0 aliphatic carbocycles. The molecule has 0 bridgehead atoms. The third-order valence-electron chi connectivity index (χ3n) is 4.03. The normalized spacial score (nSPS) is 16.2. The van der Waals surface area contributed by atoms with Crippen LogP contribution in [-0.4, -0.2) is 36.1 Å². The average molecular weight is 242 g/mol. The molecule has 0 aromatic carbocycles. The van der Waals surface area contributed by atoms with E-state index in [2.05, 4.69) is 58.7 Å². The molecule has 0 heterocycles. The lowest BCUT2D eigenvalue weighted by atomic mass is 10.0. The van der Waals surface area contributed by atoms with Crippen molar-refractivity contribution < 1.29 is 0 Å². The van der Waals surface area contributed by atoms with Crippen molar-refractivity contribution in [2.75, 3.05) is 19.6 Å². The molecule has 0 fully saturated rings. The summed E-state index contributed by atoms with van der Waals surface area (Å²) in [6.45, 7) is 19.5. The highest BCUT2D eigenvalue weighted by molar-refractivity contribution is 4.79. The number of nitrogens with one attached hydrogen (secondary N) is 1. The monoisotopic (exact) mass is 242 g/mol. The molecule has 0 aromatic heterocycles. The van der Waals surface area contributed by atoms with Gasteiger partial charge >= 0.3 is 0 Å². The molecule has 0 aliphatic heterocycles. The second-order valence-corrected chi connectivity index (χ2v) is 6.07. The molecule has 0 aromatic rings. The molecule has 2 unspecified atom stereocenters. The van der Waals surface area contributed by atoms with Crippen molar-refractivity contribution in [1.82, 2.24) is 10.2 Å². The first kappa shape index (κ1) is 16.9. The molecule has 0 radical (unpaired) electrons. The number of hydrogen-bond acceptors (Lipinski definition) is 2. The van der Waals surface area contributed by atoms with E-state index in [0.29, 0.717) is 6.04 Å². The third-order valence-corrected chi connectivity index (χ3v) is 4.03. The van der Waals surface area contributed by atoms with Crippen LogP contribution in [0.25, 0.3) is 0 Å². The van der Waals surface area contributed by atoms with Crippen molar-refractivity contribution >= 4 is 0 Å². The molecule has 2 nitrogen and oxygen atoms in total. The van der Waals surface area contributed by atoms with Gasteiger partial charge in [-0.1, -0.05) is 34.1 Å². The van der Waals surface area contributed by atoms with E-state index in [4.69, 9.17) is 0 Å². The van der Waals surface area contributed by atoms with Crippen LogP contribution in [0.15, 0.2) is 0 Å². The molecule has 1 N–H and O–H groups in total. The average Bonchev–Trinajstić information content (AvgIpc) is 2.32. The molecular formula is C15H34N2. The van der Waals surface area contributed by atoms with Crippen LogP contribution in [0.1, 0.15) is 61.3 Å². The van der Waals surface area contributed by atoms with Crippen LogP contribution in [0.4, 0.5) is 0 Å². The van der Waals surface area contributed by atoms with Gasteiger partial charge in [-0.2, -0.15) is 0 Å². The predicted octanol–water partition coefficient (Wildman–Crippen LogP) is 3.52. The van der Waals surface area contributed by atoms with Crippen LogP contribution >= 0.6 is 0 Å². The Morgan fingerprint density at radius 2 is 1.71 bits per heavy atom. The van der Waals surface area contributed by atoms with Crippen LogP contribution in [0.3, 0.4) is 0 Å². The predicted molar refractivity (Wildman–Crippen MR) is 78.5 cm³/mol. The van der Waals surface area contributed by atoms with Gasteiger partial charge in [-0.15, -0.1) is 0 Å². The summed E-state index contributed by atoms with van der Waals surface area (Å²) >= 11 is 0. The van der Waals surface area contributed by atoms with E-state index in [1.54, 1.807) is 0 Å². The Hall–Kier alpha value is -0.0800. The van der Waals surface area contributed by atoms with Gasteiger partial charge in [0.05, 0.1) is 0 Å². The van der Waals surface area contributed by atoms with Crippen molar-refractivity contribution in [1.29, 1.82) is 0 Å². The van der Waals surface area contributed by atoms with E-state index in [-0.39, 0.29) is 5.54 Å². The molecule has 0 rings (SSSR count). The third kappa shape index (κ3) is 7.05. The minimum absolute atomic E-state index is 0.268. The number of hydrogen-bond donors (Lipinski definition) is 1. The molecule has 104 valence electrons. The maximum Gasteiger partial charge on any atom is 0.0192 e. The molecule has 0 amide bonds. The molecule has 0 aliphatic rings. The van der Waals surface area contributed by atoms with Gasteiger partial charge < -0.3 is 5.32 Å². The van der Waals surface area contributed by atoms with E-state index < -0.39 is 0 Å². The fourth-order valence-electron chi connectivity index (χ4n) is 1.83. The zero-order valence-corrected chi connectivity index (χ0v) is 13.1. The Balaban J connectivity index is 4.12. The van der Waals surface area contributed by atoms with Gasteiger partial charge in [0.1, 0.15) is 0 Å². The molecule has 2 heteroatoms. The van der Waals surface area contributed by atoms with Gasteiger partial charge in [-0.25, -0.2) is 0 Å². The van der Waals surface area contributed by atoms with Gasteiger partial charge in [0.15, 0.2) is 0 Å². The second kappa shape index (κ2) is 8.10. The van der Waals surface area contributed by atoms with Crippen molar-refractivity contribution in [3.63, 3.8) is 0 Å². The summed E-state index contributed by atoms with van der Waals surface area (Å²) in [5.41, 5.74) is 0.268. The van der Waals surface area contributed by atoms with E-state index in [0.717, 1.165) is 19.0 Å². The number of likely N-dealkylation sites (N-methyl/N-ethyl adjacent to an activating group) is 1. The molecular weight excluding hydrogens is 208 g/mol. The first-order valence-electron chi connectivity index (χ1n) is 7.35. The molecule has 17 heavy (non-hydrogen) atoms. The zero-order valence-electron chi connectivity index (χ0n) is 13.1. The minimum Gasteiger partial charge on any atom is -0.310 e. The van der Waals surface area contributed by atoms with Crippen molar-refractivity contribution in [2.45, 2.75) is 72.9 Å². The lowest BCUT2D eigenvalue weighted by Gasteiger charge is -2.33. The largest absolute Gasteiger partial charge is 0.310 e. The van der Waals surface area contributed by atoms with Crippen LogP contribution in [0, 0.1) is 5.92 Å². The summed E-state index contributed by atoms with van der Waals surface area (Å²) in [7, 11) is 0. The van der Waals surface area contributed by atoms with Gasteiger partial charge in [-0.05, 0) is 39.7 Å². The zero-order chi connectivity index (χ0) is 13.5. The van der Waals surface area contributed by atoms with E-state index >= 15 is 0 Å². The quantitative estimate of drug-likeness (QED) is 0.665. The maximum absolute atomic E-state index is 3.67. The van der Waals surface area contributed by atoms with Gasteiger partial charge in [-0.3, -0.25) is 4.90 Å². The number of nitrogens with zero attached hydrogens (tertiary/aromatic N) is 1. The smallest absolute Gasteiger partial charge is 0.0192 e. The van der Waals surface area contributed by atoms with Crippen LogP contribution in [-0.2, 0) is 0 Å². The summed E-state index contributed by atoms with van der Waals surface area (Å²) < 4.78 is 0. The Morgan fingerprint density at radius 1 is 1.12 bits per heavy atom. The molecule has 2 atom stereocenters. The SMILES string of the molecule is CCC(C)CN(CC)C(C)CNC(C)(C)CC. The topological polar surface area (TPSA) is 15.3 Å². The lowest BCUT2D eigenvalue weighted by molar-refractivity contribution is 0.175. The Bertz CT molecular complexity index is 189. The summed E-state index contributed by atoms with van der Waals surface area (Å²) in [6.07, 6.45) is 2.45. The Kier molecular flexibility index (Phi) is 8.06. The second-order valence-electron chi connectivity index (χ2n) is 6.07. The van der Waals surface area contributed by atoms with Gasteiger partial charge in [0.2, 0.25) is 0 Å². The molecule has 0 spiro atoms. The Labute approximate surface area is 109 Å². The standard InChI is InChI=1S/C15H34N2/c1-8-13(4)12-17(10-3)14(5)11-16-15(6,7)9-2/h13-14,16H,8-12H2,1-7H3. The van der Waals surface area contributed by atoms with Crippen LogP contribution < -0.4 is 5.32 Å². The first-order chi connectivity index (χ1) is 7.86. The van der Waals surface area contributed by atoms with E-state index in [1.165, 1.54) is 19.4 Å². The summed E-state index contributed by atoms with van der Waals surface area (Å²) in [5, 5.41) is 3.67. The maximum atomic E-state index is 3.67. The summed E-state index contributed by atoms with van der Waals surface area (Å²) in [5.74, 6) is 0.802. The highest BCUT2D eigenvalue weighted by Crippen LogP contribution is 2.10. The lowest BCUT2D eigenvalue weighted by Crippen LogP contribution is -2.48. The van der Waals surface area contributed by atoms with Crippen molar-refractivity contribution in [3.8, 4) is 0 Å². The highest BCUT2D eigenvalue weighted by atomic mass is 15.2. The fourth-order valence-corrected chi connectivity index (χ4v) is 1.83. The highest BCUT2D eigenvalue weighted by Gasteiger charge is 2.18. The fraction of sp³-hybridized carbons (Fsp3) is 1.00. The molecule has 0 saturated carbocycles. The van der Waals surface area contributed by atoms with E-state index in [1.807, 2.05) is 0 Å². The summed E-state index contributed by atoms with van der Waals surface area (Å²) in [6, 6.07) is 0.625. The van der Waals surface area contributed by atoms with E-state index in [9.17, 15) is 0 Å². The minimum atomic E-state index is 0.268. The summed E-state index contributed by atoms with van der Waals surface area (Å²) in [4.78, 5) is 2.59. The number of rotatable bonds is 9. The first-order valence-corrected chi connectivity index (χ1v) is 7.35.